The van der Waals surface area contributed by atoms with Gasteiger partial charge in [-0.25, -0.2) is 8.42 Å². The minimum Gasteiger partial charge on any atom is -0.496 e. The van der Waals surface area contributed by atoms with Crippen molar-refractivity contribution >= 4 is 27.3 Å². The number of benzene rings is 1. The van der Waals surface area contributed by atoms with Crippen molar-refractivity contribution in [2.45, 2.75) is 11.8 Å². The zero-order valence-electron chi connectivity index (χ0n) is 9.36. The Morgan fingerprint density at radius 2 is 2.06 bits per heavy atom. The molecule has 0 aliphatic rings. The van der Waals surface area contributed by atoms with Gasteiger partial charge in [-0.3, -0.25) is 4.79 Å². The van der Waals surface area contributed by atoms with Crippen LogP contribution < -0.4 is 10.5 Å². The molecule has 0 unspecified atom stereocenters. The third kappa shape index (κ3) is 2.70. The van der Waals surface area contributed by atoms with Crippen LogP contribution in [0.3, 0.4) is 0 Å². The van der Waals surface area contributed by atoms with Gasteiger partial charge in [0.15, 0.2) is 9.84 Å². The van der Waals surface area contributed by atoms with E-state index in [1.807, 2.05) is 0 Å². The fraction of sp³-hybridized carbons (Fsp3) is 0.300. The molecule has 0 saturated heterocycles. The van der Waals surface area contributed by atoms with Gasteiger partial charge in [-0.15, -0.1) is 0 Å². The molecule has 5 nitrogen and oxygen atoms in total. The zero-order chi connectivity index (χ0) is 13.2. The second-order valence-electron chi connectivity index (χ2n) is 3.25. The Labute approximate surface area is 104 Å². The van der Waals surface area contributed by atoms with E-state index in [4.69, 9.17) is 22.1 Å². The number of ether oxygens (including phenoxy) is 1. The molecular formula is C10H12ClNO4S. The van der Waals surface area contributed by atoms with Crippen LogP contribution in [-0.2, 0) is 9.84 Å². The highest BCUT2D eigenvalue weighted by atomic mass is 35.5. The molecule has 2 N–H and O–H groups in total. The Morgan fingerprint density at radius 3 is 2.47 bits per heavy atom. The summed E-state index contributed by atoms with van der Waals surface area (Å²) in [6.45, 7) is 1.49. The maximum Gasteiger partial charge on any atom is 0.252 e. The van der Waals surface area contributed by atoms with Crippen molar-refractivity contribution in [2.75, 3.05) is 12.9 Å². The molecule has 1 rings (SSSR count). The predicted molar refractivity (Wildman–Crippen MR) is 64.2 cm³/mol. The number of methoxy groups -OCH3 is 1. The number of sulfone groups is 1. The van der Waals surface area contributed by atoms with Crippen molar-refractivity contribution in [1.82, 2.24) is 0 Å². The lowest BCUT2D eigenvalue weighted by atomic mass is 10.2. The van der Waals surface area contributed by atoms with E-state index in [-0.39, 0.29) is 27.0 Å². The highest BCUT2D eigenvalue weighted by molar-refractivity contribution is 7.91. The van der Waals surface area contributed by atoms with Crippen LogP contribution in [0.4, 0.5) is 0 Å². The Balaban J connectivity index is 3.56. The van der Waals surface area contributed by atoms with Gasteiger partial charge in [0.25, 0.3) is 5.91 Å². The first-order chi connectivity index (χ1) is 7.83. The number of nitrogens with two attached hydrogens (primary N) is 1. The molecule has 0 heterocycles. The van der Waals surface area contributed by atoms with Gasteiger partial charge in [0.05, 0.1) is 28.3 Å². The number of halogens is 1. The molecular weight excluding hydrogens is 266 g/mol. The number of primary amides is 1. The smallest absolute Gasteiger partial charge is 0.252 e. The summed E-state index contributed by atoms with van der Waals surface area (Å²) in [5.41, 5.74) is 5.13. The Kier molecular flexibility index (Phi) is 4.00. The lowest BCUT2D eigenvalue weighted by molar-refractivity contribution is 0.0997. The molecule has 0 bridgehead atoms. The standard InChI is InChI=1S/C10H12ClNO4S/c1-3-17(14,15)9-4-6(10(12)13)8(16-2)5-7(9)11/h4-5H,3H2,1-2H3,(H2,12,13). The van der Waals surface area contributed by atoms with Crippen molar-refractivity contribution in [3.63, 3.8) is 0 Å². The molecule has 17 heavy (non-hydrogen) atoms. The summed E-state index contributed by atoms with van der Waals surface area (Å²) in [6.07, 6.45) is 0. The molecule has 0 aliphatic heterocycles. The number of carbonyl (C=O) groups excluding carboxylic acids is 1. The van der Waals surface area contributed by atoms with Crippen molar-refractivity contribution < 1.29 is 17.9 Å². The van der Waals surface area contributed by atoms with Crippen molar-refractivity contribution in [3.05, 3.63) is 22.7 Å². The molecule has 0 saturated carbocycles. The maximum absolute atomic E-state index is 11.7. The Morgan fingerprint density at radius 1 is 1.47 bits per heavy atom. The van der Waals surface area contributed by atoms with Gasteiger partial charge >= 0.3 is 0 Å². The quantitative estimate of drug-likeness (QED) is 0.897. The van der Waals surface area contributed by atoms with Gasteiger partial charge in [-0.2, -0.15) is 0 Å². The molecule has 1 aromatic rings. The van der Waals surface area contributed by atoms with Gasteiger partial charge < -0.3 is 10.5 Å². The molecule has 0 aliphatic carbocycles. The lowest BCUT2D eigenvalue weighted by Gasteiger charge is -2.10. The minimum absolute atomic E-state index is 0.00806. The fourth-order valence-electron chi connectivity index (χ4n) is 1.29. The first kappa shape index (κ1) is 13.8. The summed E-state index contributed by atoms with van der Waals surface area (Å²) in [4.78, 5) is 11.0. The van der Waals surface area contributed by atoms with E-state index >= 15 is 0 Å². The zero-order valence-corrected chi connectivity index (χ0v) is 10.9. The van der Waals surface area contributed by atoms with E-state index < -0.39 is 15.7 Å². The fourth-order valence-corrected chi connectivity index (χ4v) is 2.76. The van der Waals surface area contributed by atoms with Crippen LogP contribution in [0.2, 0.25) is 5.02 Å². The Bertz CT molecular complexity index is 554. The van der Waals surface area contributed by atoms with E-state index in [0.717, 1.165) is 6.07 Å². The molecule has 0 aromatic heterocycles. The molecule has 1 aromatic carbocycles. The molecule has 0 atom stereocenters. The van der Waals surface area contributed by atoms with Gasteiger partial charge in [0.1, 0.15) is 5.75 Å². The SMILES string of the molecule is CCS(=O)(=O)c1cc(C(N)=O)c(OC)cc1Cl. The monoisotopic (exact) mass is 277 g/mol. The van der Waals surface area contributed by atoms with Crippen LogP contribution in [0.15, 0.2) is 17.0 Å². The lowest BCUT2D eigenvalue weighted by Crippen LogP contribution is -2.14. The molecule has 1 amide bonds. The van der Waals surface area contributed by atoms with Gasteiger partial charge in [0.2, 0.25) is 0 Å². The number of rotatable bonds is 4. The van der Waals surface area contributed by atoms with Crippen molar-refractivity contribution in [2.24, 2.45) is 5.73 Å². The summed E-state index contributed by atoms with van der Waals surface area (Å²) in [7, 11) is -2.17. The summed E-state index contributed by atoms with van der Waals surface area (Å²) in [5.74, 6) is -0.735. The molecule has 94 valence electrons. The van der Waals surface area contributed by atoms with Gasteiger partial charge in [-0.05, 0) is 6.07 Å². The van der Waals surface area contributed by atoms with Crippen molar-refractivity contribution in [1.29, 1.82) is 0 Å². The Hall–Kier alpha value is -1.27. The minimum atomic E-state index is -3.51. The van der Waals surface area contributed by atoms with E-state index in [9.17, 15) is 13.2 Å². The third-order valence-corrected chi connectivity index (χ3v) is 4.43. The maximum atomic E-state index is 11.7. The molecule has 0 radical (unpaired) electrons. The predicted octanol–water partition coefficient (Wildman–Crippen LogP) is 1.24. The average molecular weight is 278 g/mol. The number of amides is 1. The first-order valence-electron chi connectivity index (χ1n) is 4.73. The van der Waals surface area contributed by atoms with Crippen LogP contribution in [-0.4, -0.2) is 27.2 Å². The summed E-state index contributed by atoms with van der Waals surface area (Å²) in [6, 6.07) is 2.41. The second kappa shape index (κ2) is 4.93. The van der Waals surface area contributed by atoms with Gasteiger partial charge in [0, 0.05) is 6.07 Å². The highest BCUT2D eigenvalue weighted by Crippen LogP contribution is 2.30. The summed E-state index contributed by atoms with van der Waals surface area (Å²) in [5, 5.41) is 0.00806. The van der Waals surface area contributed by atoms with Gasteiger partial charge in [-0.1, -0.05) is 18.5 Å². The van der Waals surface area contributed by atoms with Crippen LogP contribution in [0, 0.1) is 0 Å². The largest absolute Gasteiger partial charge is 0.496 e. The van der Waals surface area contributed by atoms with E-state index in [2.05, 4.69) is 0 Å². The third-order valence-electron chi connectivity index (χ3n) is 2.23. The molecule has 0 fully saturated rings. The van der Waals surface area contributed by atoms with Crippen LogP contribution in [0.25, 0.3) is 0 Å². The number of hydrogen-bond acceptors (Lipinski definition) is 4. The van der Waals surface area contributed by atoms with E-state index in [1.54, 1.807) is 0 Å². The topological polar surface area (TPSA) is 86.5 Å². The van der Waals surface area contributed by atoms with E-state index in [0.29, 0.717) is 0 Å². The average Bonchev–Trinajstić information content (AvgIpc) is 2.27. The second-order valence-corrected chi connectivity index (χ2v) is 5.90. The highest BCUT2D eigenvalue weighted by Gasteiger charge is 2.21. The first-order valence-corrected chi connectivity index (χ1v) is 6.76. The summed E-state index contributed by atoms with van der Waals surface area (Å²) < 4.78 is 28.3. The number of hydrogen-bond donors (Lipinski definition) is 1. The molecule has 7 heteroatoms. The normalized spacial score (nSPS) is 11.2. The van der Waals surface area contributed by atoms with E-state index in [1.165, 1.54) is 20.1 Å². The van der Waals surface area contributed by atoms with Crippen molar-refractivity contribution in [3.8, 4) is 5.75 Å². The van der Waals surface area contributed by atoms with Crippen LogP contribution in [0.1, 0.15) is 17.3 Å². The van der Waals surface area contributed by atoms with Crippen LogP contribution in [0.5, 0.6) is 5.75 Å². The number of carbonyl (C=O) groups is 1. The molecule has 0 spiro atoms. The summed E-state index contributed by atoms with van der Waals surface area (Å²) >= 11 is 5.84. The van der Waals surface area contributed by atoms with Crippen LogP contribution >= 0.6 is 11.6 Å².